The lowest BCUT2D eigenvalue weighted by Gasteiger charge is -2.16. The van der Waals surface area contributed by atoms with Gasteiger partial charge in [-0.1, -0.05) is 30.3 Å². The Morgan fingerprint density at radius 1 is 1.29 bits per heavy atom. The third kappa shape index (κ3) is 3.70. The largest absolute Gasteiger partial charge is 0.416 e. The Balaban J connectivity index is 1.65. The molecular formula is C17H17N5O2. The predicted octanol–water partition coefficient (Wildman–Crippen LogP) is 2.68. The van der Waals surface area contributed by atoms with Crippen LogP contribution in [-0.2, 0) is 6.54 Å². The van der Waals surface area contributed by atoms with Gasteiger partial charge in [0.25, 0.3) is 0 Å². The van der Waals surface area contributed by atoms with Gasteiger partial charge in [-0.3, -0.25) is 0 Å². The normalized spacial score (nSPS) is 10.4. The second kappa shape index (κ2) is 6.82. The zero-order chi connectivity index (χ0) is 16.9. The zero-order valence-corrected chi connectivity index (χ0v) is 13.1. The number of rotatable bonds is 4. The molecule has 0 unspecified atom stereocenters. The second-order valence-electron chi connectivity index (χ2n) is 5.26. The molecule has 0 bridgehead atoms. The number of amides is 1. The van der Waals surface area contributed by atoms with Gasteiger partial charge >= 0.3 is 6.09 Å². The number of hydrogen-bond acceptors (Lipinski definition) is 5. The molecule has 1 aromatic carbocycles. The molecule has 2 aromatic heterocycles. The monoisotopic (exact) mass is 323 g/mol. The van der Waals surface area contributed by atoms with Gasteiger partial charge in [0, 0.05) is 37.6 Å². The number of nitrogens with two attached hydrogens (primary N) is 1. The van der Waals surface area contributed by atoms with E-state index in [1.165, 1.54) is 4.90 Å². The van der Waals surface area contributed by atoms with Crippen molar-refractivity contribution >= 4 is 12.0 Å². The van der Waals surface area contributed by atoms with Crippen LogP contribution in [0.25, 0.3) is 11.3 Å². The van der Waals surface area contributed by atoms with E-state index in [1.54, 1.807) is 31.6 Å². The number of aromatic amines is 1. The molecule has 0 aliphatic rings. The number of anilines is 1. The summed E-state index contributed by atoms with van der Waals surface area (Å²) in [6.45, 7) is 0.468. The van der Waals surface area contributed by atoms with Gasteiger partial charge in [-0.25, -0.2) is 14.8 Å². The summed E-state index contributed by atoms with van der Waals surface area (Å²) in [5, 5.41) is 0. The first-order valence-electron chi connectivity index (χ1n) is 7.36. The van der Waals surface area contributed by atoms with E-state index in [4.69, 9.17) is 10.5 Å². The molecule has 0 saturated carbocycles. The van der Waals surface area contributed by atoms with E-state index >= 15 is 0 Å². The highest BCUT2D eigenvalue weighted by molar-refractivity contribution is 5.71. The highest BCUT2D eigenvalue weighted by Crippen LogP contribution is 2.22. The van der Waals surface area contributed by atoms with Crippen molar-refractivity contribution < 1.29 is 9.53 Å². The minimum atomic E-state index is -0.450. The van der Waals surface area contributed by atoms with Gasteiger partial charge in [-0.05, 0) is 11.6 Å². The molecule has 1 amide bonds. The molecule has 7 heteroatoms. The molecule has 3 N–H and O–H groups in total. The molecule has 3 rings (SSSR count). The summed E-state index contributed by atoms with van der Waals surface area (Å²) in [6.07, 6.45) is 2.82. The Labute approximate surface area is 139 Å². The highest BCUT2D eigenvalue weighted by atomic mass is 16.6. The number of hydrogen-bond donors (Lipinski definition) is 2. The van der Waals surface area contributed by atoms with Crippen LogP contribution >= 0.6 is 0 Å². The number of ether oxygens (including phenoxy) is 1. The molecule has 0 radical (unpaired) electrons. The standard InChI is InChI=1S/C17H17N5O2/c1-22(11-12-5-3-2-4-6-12)17(23)24-15-9-13(10-20-15)14-7-8-19-16(18)21-14/h2-10,20H,11H2,1H3,(H2,18,19,21). The summed E-state index contributed by atoms with van der Waals surface area (Å²) in [4.78, 5) is 24.5. The molecule has 0 aliphatic carbocycles. The molecule has 3 aromatic rings. The number of nitrogens with zero attached hydrogens (tertiary/aromatic N) is 3. The van der Waals surface area contributed by atoms with Crippen molar-refractivity contribution in [1.29, 1.82) is 0 Å². The third-order valence-electron chi connectivity index (χ3n) is 3.40. The summed E-state index contributed by atoms with van der Waals surface area (Å²) < 4.78 is 5.34. The maximum atomic E-state index is 12.2. The van der Waals surface area contributed by atoms with E-state index < -0.39 is 6.09 Å². The average Bonchev–Trinajstić information content (AvgIpc) is 3.04. The summed E-state index contributed by atoms with van der Waals surface area (Å²) in [7, 11) is 1.68. The number of H-pyrrole nitrogens is 1. The smallest absolute Gasteiger partial charge is 0.393 e. The van der Waals surface area contributed by atoms with E-state index in [0.717, 1.165) is 11.1 Å². The minimum absolute atomic E-state index is 0.190. The fourth-order valence-corrected chi connectivity index (χ4v) is 2.21. The van der Waals surface area contributed by atoms with Gasteiger partial charge in [-0.15, -0.1) is 0 Å². The van der Waals surface area contributed by atoms with Gasteiger partial charge in [0.1, 0.15) is 0 Å². The van der Waals surface area contributed by atoms with E-state index in [9.17, 15) is 4.79 Å². The first-order chi connectivity index (χ1) is 11.6. The van der Waals surface area contributed by atoms with Crippen LogP contribution in [0.15, 0.2) is 54.9 Å². The van der Waals surface area contributed by atoms with Crippen molar-refractivity contribution in [2.45, 2.75) is 6.54 Å². The van der Waals surface area contributed by atoms with Gasteiger partial charge in [0.2, 0.25) is 11.8 Å². The zero-order valence-electron chi connectivity index (χ0n) is 13.1. The first kappa shape index (κ1) is 15.5. The van der Waals surface area contributed by atoms with Crippen LogP contribution in [0.3, 0.4) is 0 Å². The molecule has 24 heavy (non-hydrogen) atoms. The highest BCUT2D eigenvalue weighted by Gasteiger charge is 2.13. The van der Waals surface area contributed by atoms with Crippen LogP contribution in [-0.4, -0.2) is 33.0 Å². The summed E-state index contributed by atoms with van der Waals surface area (Å²) in [5.41, 5.74) is 8.01. The van der Waals surface area contributed by atoms with Crippen molar-refractivity contribution in [3.05, 3.63) is 60.4 Å². The molecular weight excluding hydrogens is 306 g/mol. The molecule has 0 saturated heterocycles. The summed E-state index contributed by atoms with van der Waals surface area (Å²) in [6, 6.07) is 13.1. The Bertz CT molecular complexity index is 832. The SMILES string of the molecule is CN(Cc1ccccc1)C(=O)Oc1cc(-c2ccnc(N)n2)c[nH]1. The minimum Gasteiger partial charge on any atom is -0.393 e. The molecule has 7 nitrogen and oxygen atoms in total. The van der Waals surface area contributed by atoms with E-state index in [0.29, 0.717) is 18.1 Å². The summed E-state index contributed by atoms with van der Waals surface area (Å²) >= 11 is 0. The second-order valence-corrected chi connectivity index (χ2v) is 5.26. The lowest BCUT2D eigenvalue weighted by atomic mass is 10.2. The topological polar surface area (TPSA) is 97.1 Å². The quantitative estimate of drug-likeness (QED) is 0.769. The Morgan fingerprint density at radius 3 is 2.83 bits per heavy atom. The molecule has 0 atom stereocenters. The number of aromatic nitrogens is 3. The number of benzene rings is 1. The third-order valence-corrected chi connectivity index (χ3v) is 3.40. The van der Waals surface area contributed by atoms with E-state index in [-0.39, 0.29) is 5.95 Å². The number of nitrogen functional groups attached to an aromatic ring is 1. The van der Waals surface area contributed by atoms with E-state index in [1.807, 2.05) is 30.3 Å². The fourth-order valence-electron chi connectivity index (χ4n) is 2.21. The maximum Gasteiger partial charge on any atom is 0.416 e. The van der Waals surface area contributed by atoms with Crippen molar-refractivity contribution in [2.75, 3.05) is 12.8 Å². The van der Waals surface area contributed by atoms with Crippen molar-refractivity contribution in [1.82, 2.24) is 19.9 Å². The molecule has 0 aliphatic heterocycles. The van der Waals surface area contributed by atoms with Crippen LogP contribution in [0.4, 0.5) is 10.7 Å². The number of carbonyl (C=O) groups is 1. The Hall–Kier alpha value is -3.35. The van der Waals surface area contributed by atoms with Gasteiger partial charge in [0.05, 0.1) is 5.69 Å². The summed E-state index contributed by atoms with van der Waals surface area (Å²) in [5.74, 6) is 0.530. The Kier molecular flexibility index (Phi) is 4.42. The van der Waals surface area contributed by atoms with Crippen molar-refractivity contribution in [2.24, 2.45) is 0 Å². The van der Waals surface area contributed by atoms with Crippen LogP contribution in [0.2, 0.25) is 0 Å². The van der Waals surface area contributed by atoms with Gasteiger partial charge in [-0.2, -0.15) is 0 Å². The van der Waals surface area contributed by atoms with Crippen LogP contribution in [0.5, 0.6) is 5.88 Å². The number of carbonyl (C=O) groups excluding carboxylic acids is 1. The molecule has 2 heterocycles. The molecule has 122 valence electrons. The van der Waals surface area contributed by atoms with Crippen LogP contribution in [0.1, 0.15) is 5.56 Å². The van der Waals surface area contributed by atoms with Crippen LogP contribution < -0.4 is 10.5 Å². The van der Waals surface area contributed by atoms with Gasteiger partial charge in [0.15, 0.2) is 0 Å². The first-order valence-corrected chi connectivity index (χ1v) is 7.36. The van der Waals surface area contributed by atoms with E-state index in [2.05, 4.69) is 15.0 Å². The predicted molar refractivity (Wildman–Crippen MR) is 90.2 cm³/mol. The maximum absolute atomic E-state index is 12.2. The van der Waals surface area contributed by atoms with Crippen molar-refractivity contribution in [3.63, 3.8) is 0 Å². The van der Waals surface area contributed by atoms with Crippen LogP contribution in [0, 0.1) is 0 Å². The Morgan fingerprint density at radius 2 is 2.08 bits per heavy atom. The molecule has 0 spiro atoms. The average molecular weight is 323 g/mol. The lowest BCUT2D eigenvalue weighted by molar-refractivity contribution is 0.159. The van der Waals surface area contributed by atoms with Crippen molar-refractivity contribution in [3.8, 4) is 17.1 Å². The number of nitrogens with one attached hydrogen (secondary N) is 1. The molecule has 0 fully saturated rings. The fraction of sp³-hybridized carbons (Fsp3) is 0.118. The van der Waals surface area contributed by atoms with Gasteiger partial charge < -0.3 is 20.4 Å². The lowest BCUT2D eigenvalue weighted by Crippen LogP contribution is -2.29.